The van der Waals surface area contributed by atoms with Crippen molar-refractivity contribution in [2.45, 2.75) is 6.54 Å². The summed E-state index contributed by atoms with van der Waals surface area (Å²) >= 11 is 5.91. The number of ether oxygens (including phenoxy) is 1. The average Bonchev–Trinajstić information content (AvgIpc) is 2.55. The molecule has 0 aliphatic carbocycles. The van der Waals surface area contributed by atoms with Crippen molar-refractivity contribution in [3.05, 3.63) is 59.1 Å². The van der Waals surface area contributed by atoms with Crippen LogP contribution >= 0.6 is 11.6 Å². The molecular weight excluding hydrogens is 284 g/mol. The van der Waals surface area contributed by atoms with Crippen LogP contribution in [-0.2, 0) is 11.3 Å². The SMILES string of the molecule is Clc1ccc(NCc2ccccc2N2CCOCC2)cc1. The van der Waals surface area contributed by atoms with Crippen molar-refractivity contribution in [3.63, 3.8) is 0 Å². The van der Waals surface area contributed by atoms with Crippen molar-refractivity contribution in [2.24, 2.45) is 0 Å². The van der Waals surface area contributed by atoms with E-state index in [0.29, 0.717) is 0 Å². The second-order valence-corrected chi connectivity index (χ2v) is 5.53. The monoisotopic (exact) mass is 302 g/mol. The van der Waals surface area contributed by atoms with Crippen LogP contribution in [0.1, 0.15) is 5.56 Å². The largest absolute Gasteiger partial charge is 0.381 e. The van der Waals surface area contributed by atoms with Crippen LogP contribution in [0.3, 0.4) is 0 Å². The fraction of sp³-hybridized carbons (Fsp3) is 0.294. The molecule has 2 aromatic carbocycles. The van der Waals surface area contributed by atoms with E-state index in [-0.39, 0.29) is 0 Å². The zero-order valence-electron chi connectivity index (χ0n) is 11.9. The third kappa shape index (κ3) is 3.69. The fourth-order valence-corrected chi connectivity index (χ4v) is 2.66. The number of hydrogen-bond donors (Lipinski definition) is 1. The number of benzene rings is 2. The zero-order valence-corrected chi connectivity index (χ0v) is 12.6. The summed E-state index contributed by atoms with van der Waals surface area (Å²) in [5.41, 5.74) is 3.67. The van der Waals surface area contributed by atoms with Gasteiger partial charge in [0.25, 0.3) is 0 Å². The summed E-state index contributed by atoms with van der Waals surface area (Å²) in [6.45, 7) is 4.32. The number of morpholine rings is 1. The minimum absolute atomic E-state index is 0.759. The maximum atomic E-state index is 5.91. The Morgan fingerprint density at radius 1 is 1.00 bits per heavy atom. The quantitative estimate of drug-likeness (QED) is 0.930. The molecule has 0 atom stereocenters. The summed E-state index contributed by atoms with van der Waals surface area (Å²) in [7, 11) is 0. The molecular formula is C17H19ClN2O. The summed E-state index contributed by atoms with van der Waals surface area (Å²) in [5.74, 6) is 0. The number of para-hydroxylation sites is 1. The maximum absolute atomic E-state index is 5.91. The molecule has 3 nitrogen and oxygen atoms in total. The summed E-state index contributed by atoms with van der Waals surface area (Å²) < 4.78 is 5.43. The Hall–Kier alpha value is -1.71. The number of hydrogen-bond acceptors (Lipinski definition) is 3. The normalized spacial score (nSPS) is 15.0. The number of nitrogens with zero attached hydrogens (tertiary/aromatic N) is 1. The highest BCUT2D eigenvalue weighted by atomic mass is 35.5. The lowest BCUT2D eigenvalue weighted by molar-refractivity contribution is 0.122. The van der Waals surface area contributed by atoms with Crippen LogP contribution in [0.5, 0.6) is 0 Å². The molecule has 0 spiro atoms. The third-order valence-electron chi connectivity index (χ3n) is 3.67. The van der Waals surface area contributed by atoms with Gasteiger partial charge in [0.2, 0.25) is 0 Å². The highest BCUT2D eigenvalue weighted by molar-refractivity contribution is 6.30. The molecule has 0 radical (unpaired) electrons. The number of rotatable bonds is 4. The van der Waals surface area contributed by atoms with Crippen LogP contribution in [0, 0.1) is 0 Å². The number of anilines is 2. The molecule has 1 saturated heterocycles. The molecule has 2 aromatic rings. The number of halogens is 1. The Balaban J connectivity index is 1.71. The lowest BCUT2D eigenvalue weighted by atomic mass is 10.1. The lowest BCUT2D eigenvalue weighted by Gasteiger charge is -2.30. The second-order valence-electron chi connectivity index (χ2n) is 5.09. The third-order valence-corrected chi connectivity index (χ3v) is 3.92. The van der Waals surface area contributed by atoms with E-state index in [4.69, 9.17) is 16.3 Å². The van der Waals surface area contributed by atoms with Crippen LogP contribution in [-0.4, -0.2) is 26.3 Å². The van der Waals surface area contributed by atoms with Gasteiger partial charge in [-0.05, 0) is 35.9 Å². The van der Waals surface area contributed by atoms with Gasteiger partial charge < -0.3 is 15.0 Å². The average molecular weight is 303 g/mol. The highest BCUT2D eigenvalue weighted by Crippen LogP contribution is 2.23. The van der Waals surface area contributed by atoms with E-state index in [1.165, 1.54) is 11.3 Å². The molecule has 1 N–H and O–H groups in total. The molecule has 4 heteroatoms. The zero-order chi connectivity index (χ0) is 14.5. The van der Waals surface area contributed by atoms with Gasteiger partial charge in [-0.1, -0.05) is 29.8 Å². The van der Waals surface area contributed by atoms with E-state index < -0.39 is 0 Å². The van der Waals surface area contributed by atoms with Gasteiger partial charge in [0.05, 0.1) is 13.2 Å². The molecule has 0 unspecified atom stereocenters. The first kappa shape index (κ1) is 14.2. The molecule has 3 rings (SSSR count). The molecule has 1 aliphatic rings. The van der Waals surface area contributed by atoms with Crippen molar-refractivity contribution in [3.8, 4) is 0 Å². The van der Waals surface area contributed by atoms with Crippen molar-refractivity contribution in [2.75, 3.05) is 36.5 Å². The molecule has 0 saturated carbocycles. The Morgan fingerprint density at radius 2 is 1.71 bits per heavy atom. The van der Waals surface area contributed by atoms with Crippen LogP contribution in [0.2, 0.25) is 5.02 Å². The van der Waals surface area contributed by atoms with Gasteiger partial charge in [-0.2, -0.15) is 0 Å². The highest BCUT2D eigenvalue weighted by Gasteiger charge is 2.13. The van der Waals surface area contributed by atoms with Gasteiger partial charge in [-0.25, -0.2) is 0 Å². The summed E-state index contributed by atoms with van der Waals surface area (Å²) in [5, 5.41) is 4.21. The maximum Gasteiger partial charge on any atom is 0.0642 e. The van der Waals surface area contributed by atoms with E-state index in [1.54, 1.807) is 0 Å². The Labute approximate surface area is 130 Å². The lowest BCUT2D eigenvalue weighted by Crippen LogP contribution is -2.36. The van der Waals surface area contributed by atoms with E-state index >= 15 is 0 Å². The van der Waals surface area contributed by atoms with Crippen molar-refractivity contribution < 1.29 is 4.74 Å². The molecule has 110 valence electrons. The molecule has 1 heterocycles. The van der Waals surface area contributed by atoms with Crippen LogP contribution in [0.4, 0.5) is 11.4 Å². The predicted molar refractivity (Wildman–Crippen MR) is 88.3 cm³/mol. The van der Waals surface area contributed by atoms with Gasteiger partial charge in [-0.3, -0.25) is 0 Å². The smallest absolute Gasteiger partial charge is 0.0642 e. The van der Waals surface area contributed by atoms with Crippen molar-refractivity contribution >= 4 is 23.0 Å². The van der Waals surface area contributed by atoms with Gasteiger partial charge in [-0.15, -0.1) is 0 Å². The summed E-state index contributed by atoms with van der Waals surface area (Å²) in [4.78, 5) is 2.39. The van der Waals surface area contributed by atoms with E-state index in [9.17, 15) is 0 Å². The Morgan fingerprint density at radius 3 is 2.48 bits per heavy atom. The van der Waals surface area contributed by atoms with E-state index in [0.717, 1.165) is 43.6 Å². The summed E-state index contributed by atoms with van der Waals surface area (Å²) in [6, 6.07) is 16.3. The number of nitrogens with one attached hydrogen (secondary N) is 1. The minimum Gasteiger partial charge on any atom is -0.381 e. The van der Waals surface area contributed by atoms with Gasteiger partial charge in [0.15, 0.2) is 0 Å². The van der Waals surface area contributed by atoms with Crippen molar-refractivity contribution in [1.29, 1.82) is 0 Å². The van der Waals surface area contributed by atoms with Crippen LogP contribution < -0.4 is 10.2 Å². The molecule has 0 amide bonds. The predicted octanol–water partition coefficient (Wildman–Crippen LogP) is 3.79. The van der Waals surface area contributed by atoms with Crippen molar-refractivity contribution in [1.82, 2.24) is 0 Å². The molecule has 0 aromatic heterocycles. The van der Waals surface area contributed by atoms with Crippen LogP contribution in [0.15, 0.2) is 48.5 Å². The first-order chi connectivity index (χ1) is 10.3. The van der Waals surface area contributed by atoms with Crippen LogP contribution in [0.25, 0.3) is 0 Å². The molecule has 21 heavy (non-hydrogen) atoms. The van der Waals surface area contributed by atoms with E-state index in [1.807, 2.05) is 24.3 Å². The second kappa shape index (κ2) is 6.83. The Kier molecular flexibility index (Phi) is 4.63. The molecule has 1 aliphatic heterocycles. The first-order valence-electron chi connectivity index (χ1n) is 7.23. The Bertz CT molecular complexity index is 580. The standard InChI is InChI=1S/C17H19ClN2O/c18-15-5-7-16(8-6-15)19-13-14-3-1-2-4-17(14)20-9-11-21-12-10-20/h1-8,19H,9-13H2. The van der Waals surface area contributed by atoms with Gasteiger partial charge in [0.1, 0.15) is 0 Å². The topological polar surface area (TPSA) is 24.5 Å². The first-order valence-corrected chi connectivity index (χ1v) is 7.61. The summed E-state index contributed by atoms with van der Waals surface area (Å²) in [6.07, 6.45) is 0. The minimum atomic E-state index is 0.759. The van der Waals surface area contributed by atoms with E-state index in [2.05, 4.69) is 34.5 Å². The molecule has 1 fully saturated rings. The van der Waals surface area contributed by atoms with Gasteiger partial charge >= 0.3 is 0 Å². The fourth-order valence-electron chi connectivity index (χ4n) is 2.54. The van der Waals surface area contributed by atoms with Gasteiger partial charge in [0, 0.05) is 36.0 Å². The molecule has 0 bridgehead atoms.